The number of carbonyl (C=O) groups excluding carboxylic acids is 1. The topological polar surface area (TPSA) is 33.2 Å². The lowest BCUT2D eigenvalue weighted by atomic mass is 10.0. The van der Waals surface area contributed by atoms with E-state index in [1.807, 2.05) is 6.07 Å². The van der Waals surface area contributed by atoms with Crippen molar-refractivity contribution in [3.63, 3.8) is 0 Å². The van der Waals surface area contributed by atoms with Gasteiger partial charge in [-0.1, -0.05) is 12.1 Å². The van der Waals surface area contributed by atoms with Crippen LogP contribution in [0.1, 0.15) is 40.7 Å². The second kappa shape index (κ2) is 5.23. The van der Waals surface area contributed by atoms with Gasteiger partial charge in [0, 0.05) is 18.5 Å². The van der Waals surface area contributed by atoms with Gasteiger partial charge < -0.3 is 4.90 Å². The molecule has 2 aromatic rings. The standard InChI is InChI=1S/C17H20N2O/c1-12-6-7-14-10-15(11-20)17(18-16(14)13(12)2)19-8-4-3-5-9-19/h6-7,10-11H,3-5,8-9H2,1-2H3. The number of carbonyl (C=O) groups is 1. The van der Waals surface area contributed by atoms with E-state index < -0.39 is 0 Å². The minimum absolute atomic E-state index is 0.711. The van der Waals surface area contributed by atoms with Crippen molar-refractivity contribution in [1.29, 1.82) is 0 Å². The summed E-state index contributed by atoms with van der Waals surface area (Å²) in [5, 5.41) is 1.05. The van der Waals surface area contributed by atoms with E-state index in [4.69, 9.17) is 4.98 Å². The number of piperidine rings is 1. The third-order valence-electron chi connectivity index (χ3n) is 4.30. The Morgan fingerprint density at radius 1 is 1.15 bits per heavy atom. The van der Waals surface area contributed by atoms with Gasteiger partial charge in [0.2, 0.25) is 0 Å². The molecule has 1 saturated heterocycles. The number of aryl methyl sites for hydroxylation is 2. The van der Waals surface area contributed by atoms with Gasteiger partial charge in [0.15, 0.2) is 6.29 Å². The average molecular weight is 268 g/mol. The molecule has 0 spiro atoms. The zero-order valence-electron chi connectivity index (χ0n) is 12.1. The van der Waals surface area contributed by atoms with Gasteiger partial charge in [-0.3, -0.25) is 4.79 Å². The summed E-state index contributed by atoms with van der Waals surface area (Å²) in [5.74, 6) is 0.862. The first kappa shape index (κ1) is 13.1. The van der Waals surface area contributed by atoms with Gasteiger partial charge in [-0.05, 0) is 50.3 Å². The van der Waals surface area contributed by atoms with Gasteiger partial charge >= 0.3 is 0 Å². The summed E-state index contributed by atoms with van der Waals surface area (Å²) in [6.45, 7) is 6.21. The van der Waals surface area contributed by atoms with Crippen LogP contribution in [0.4, 0.5) is 5.82 Å². The molecule has 20 heavy (non-hydrogen) atoms. The maximum absolute atomic E-state index is 11.4. The molecule has 1 aliphatic rings. The molecule has 0 aliphatic carbocycles. The van der Waals surface area contributed by atoms with Crippen LogP contribution in [0.2, 0.25) is 0 Å². The minimum atomic E-state index is 0.711. The molecule has 0 unspecified atom stereocenters. The number of anilines is 1. The van der Waals surface area contributed by atoms with Crippen LogP contribution >= 0.6 is 0 Å². The fraction of sp³-hybridized carbons (Fsp3) is 0.412. The number of aromatic nitrogens is 1. The molecule has 2 heterocycles. The Morgan fingerprint density at radius 3 is 2.60 bits per heavy atom. The molecule has 0 N–H and O–H groups in total. The molecule has 0 amide bonds. The summed E-state index contributed by atoms with van der Waals surface area (Å²) in [4.78, 5) is 18.5. The van der Waals surface area contributed by atoms with Gasteiger partial charge in [0.1, 0.15) is 5.82 Å². The number of nitrogens with zero attached hydrogens (tertiary/aromatic N) is 2. The number of pyridine rings is 1. The van der Waals surface area contributed by atoms with Crippen LogP contribution in [-0.4, -0.2) is 24.4 Å². The Balaban J connectivity index is 2.18. The molecule has 0 saturated carbocycles. The lowest BCUT2D eigenvalue weighted by molar-refractivity contribution is 0.112. The molecule has 3 nitrogen and oxygen atoms in total. The molecule has 1 aliphatic heterocycles. The molecule has 1 aromatic heterocycles. The summed E-state index contributed by atoms with van der Waals surface area (Å²) in [7, 11) is 0. The Hall–Kier alpha value is -1.90. The van der Waals surface area contributed by atoms with Crippen molar-refractivity contribution in [2.75, 3.05) is 18.0 Å². The summed E-state index contributed by atoms with van der Waals surface area (Å²) in [6, 6.07) is 6.12. The van der Waals surface area contributed by atoms with Crippen LogP contribution in [0.5, 0.6) is 0 Å². The van der Waals surface area contributed by atoms with E-state index in [1.54, 1.807) is 0 Å². The van der Waals surface area contributed by atoms with Crippen LogP contribution in [0, 0.1) is 13.8 Å². The van der Waals surface area contributed by atoms with Crippen molar-refractivity contribution < 1.29 is 4.79 Å². The first-order valence-corrected chi connectivity index (χ1v) is 7.32. The molecular weight excluding hydrogens is 248 g/mol. The first-order chi connectivity index (χ1) is 9.70. The predicted octanol–water partition coefficient (Wildman–Crippen LogP) is 3.65. The maximum atomic E-state index is 11.4. The average Bonchev–Trinajstić information content (AvgIpc) is 2.51. The number of fused-ring (bicyclic) bond motifs is 1. The van der Waals surface area contributed by atoms with E-state index in [1.165, 1.54) is 30.4 Å². The molecule has 3 rings (SSSR count). The highest BCUT2D eigenvalue weighted by Gasteiger charge is 2.17. The highest BCUT2D eigenvalue weighted by atomic mass is 16.1. The largest absolute Gasteiger partial charge is 0.356 e. The third-order valence-corrected chi connectivity index (χ3v) is 4.30. The van der Waals surface area contributed by atoms with Gasteiger partial charge in [-0.2, -0.15) is 0 Å². The van der Waals surface area contributed by atoms with Crippen LogP contribution in [0.15, 0.2) is 18.2 Å². The minimum Gasteiger partial charge on any atom is -0.356 e. The third kappa shape index (κ3) is 2.17. The van der Waals surface area contributed by atoms with Crippen LogP contribution in [-0.2, 0) is 0 Å². The van der Waals surface area contributed by atoms with Crippen LogP contribution in [0.3, 0.4) is 0 Å². The van der Waals surface area contributed by atoms with E-state index in [9.17, 15) is 4.79 Å². The van der Waals surface area contributed by atoms with Crippen molar-refractivity contribution in [2.24, 2.45) is 0 Å². The van der Waals surface area contributed by atoms with Crippen molar-refractivity contribution in [1.82, 2.24) is 4.98 Å². The summed E-state index contributed by atoms with van der Waals surface area (Å²) >= 11 is 0. The van der Waals surface area contributed by atoms with E-state index in [-0.39, 0.29) is 0 Å². The second-order valence-corrected chi connectivity index (χ2v) is 5.65. The first-order valence-electron chi connectivity index (χ1n) is 7.32. The van der Waals surface area contributed by atoms with Crippen LogP contribution in [0.25, 0.3) is 10.9 Å². The summed E-state index contributed by atoms with van der Waals surface area (Å²) < 4.78 is 0. The Kier molecular flexibility index (Phi) is 3.43. The van der Waals surface area contributed by atoms with E-state index in [0.29, 0.717) is 5.56 Å². The van der Waals surface area contributed by atoms with Crippen molar-refractivity contribution >= 4 is 23.0 Å². The van der Waals surface area contributed by atoms with E-state index >= 15 is 0 Å². The number of hydrogen-bond donors (Lipinski definition) is 0. The number of rotatable bonds is 2. The number of benzene rings is 1. The second-order valence-electron chi connectivity index (χ2n) is 5.65. The van der Waals surface area contributed by atoms with Gasteiger partial charge in [0.25, 0.3) is 0 Å². The van der Waals surface area contributed by atoms with Crippen LogP contribution < -0.4 is 4.90 Å². The molecule has 0 bridgehead atoms. The van der Waals surface area contributed by atoms with Gasteiger partial charge in [-0.15, -0.1) is 0 Å². The Morgan fingerprint density at radius 2 is 1.90 bits per heavy atom. The highest BCUT2D eigenvalue weighted by Crippen LogP contribution is 2.27. The fourth-order valence-corrected chi connectivity index (χ4v) is 2.94. The van der Waals surface area contributed by atoms with E-state index in [2.05, 4.69) is 30.9 Å². The smallest absolute Gasteiger partial charge is 0.153 e. The fourth-order valence-electron chi connectivity index (χ4n) is 2.94. The Labute approximate surface area is 119 Å². The molecule has 0 atom stereocenters. The summed E-state index contributed by atoms with van der Waals surface area (Å²) in [5.41, 5.74) is 4.19. The zero-order valence-corrected chi connectivity index (χ0v) is 12.1. The lowest BCUT2D eigenvalue weighted by Crippen LogP contribution is -2.31. The highest BCUT2D eigenvalue weighted by molar-refractivity contribution is 5.93. The quantitative estimate of drug-likeness (QED) is 0.779. The predicted molar refractivity (Wildman–Crippen MR) is 82.7 cm³/mol. The molecule has 0 radical (unpaired) electrons. The molecular formula is C17H20N2O. The van der Waals surface area contributed by atoms with Crippen molar-refractivity contribution in [2.45, 2.75) is 33.1 Å². The molecule has 1 fully saturated rings. The SMILES string of the molecule is Cc1ccc2cc(C=O)c(N3CCCCC3)nc2c1C. The lowest BCUT2D eigenvalue weighted by Gasteiger charge is -2.29. The van der Waals surface area contributed by atoms with E-state index in [0.717, 1.165) is 36.1 Å². The maximum Gasteiger partial charge on any atom is 0.153 e. The number of hydrogen-bond acceptors (Lipinski definition) is 3. The number of aldehydes is 1. The normalized spacial score (nSPS) is 15.6. The molecule has 104 valence electrons. The zero-order chi connectivity index (χ0) is 14.1. The summed E-state index contributed by atoms with van der Waals surface area (Å²) in [6.07, 6.45) is 4.58. The Bertz CT molecular complexity index is 658. The van der Waals surface area contributed by atoms with Gasteiger partial charge in [0.05, 0.1) is 11.1 Å². The molecule has 1 aromatic carbocycles. The monoisotopic (exact) mass is 268 g/mol. The van der Waals surface area contributed by atoms with Crippen molar-refractivity contribution in [3.05, 3.63) is 34.9 Å². The van der Waals surface area contributed by atoms with Gasteiger partial charge in [-0.25, -0.2) is 4.98 Å². The van der Waals surface area contributed by atoms with Crippen molar-refractivity contribution in [3.8, 4) is 0 Å². The molecule has 3 heteroatoms.